The van der Waals surface area contributed by atoms with Gasteiger partial charge in [0.1, 0.15) is 5.69 Å². The predicted octanol–water partition coefficient (Wildman–Crippen LogP) is 1.64. The number of carbonyl (C=O) groups is 1. The fourth-order valence-electron chi connectivity index (χ4n) is 1.47. The summed E-state index contributed by atoms with van der Waals surface area (Å²) in [6.07, 6.45) is 6.02. The SMILES string of the molecule is O=C(CC[n+]1ccccc1)c1ccccn1. The summed E-state index contributed by atoms with van der Waals surface area (Å²) in [7, 11) is 0. The van der Waals surface area contributed by atoms with Crippen LogP contribution in [0.25, 0.3) is 0 Å². The van der Waals surface area contributed by atoms with Crippen molar-refractivity contribution in [2.45, 2.75) is 13.0 Å². The first kappa shape index (κ1) is 10.5. The monoisotopic (exact) mass is 213 g/mol. The van der Waals surface area contributed by atoms with E-state index in [-0.39, 0.29) is 5.78 Å². The molecule has 0 aliphatic heterocycles. The summed E-state index contributed by atoms with van der Waals surface area (Å²) in [5, 5.41) is 0. The van der Waals surface area contributed by atoms with Crippen molar-refractivity contribution in [1.82, 2.24) is 4.98 Å². The van der Waals surface area contributed by atoms with Crippen LogP contribution in [-0.2, 0) is 6.54 Å². The van der Waals surface area contributed by atoms with Crippen molar-refractivity contribution in [2.75, 3.05) is 0 Å². The van der Waals surface area contributed by atoms with E-state index in [9.17, 15) is 4.79 Å². The molecular weight excluding hydrogens is 200 g/mol. The summed E-state index contributed by atoms with van der Waals surface area (Å²) >= 11 is 0. The largest absolute Gasteiger partial charge is 0.292 e. The number of rotatable bonds is 4. The van der Waals surface area contributed by atoms with E-state index >= 15 is 0 Å². The number of Topliss-reactive ketones (excluding diaryl/α,β-unsaturated/α-hetero) is 1. The van der Waals surface area contributed by atoms with Crippen molar-refractivity contribution < 1.29 is 9.36 Å². The van der Waals surface area contributed by atoms with E-state index in [2.05, 4.69) is 4.98 Å². The first-order valence-electron chi connectivity index (χ1n) is 5.24. The van der Waals surface area contributed by atoms with Crippen LogP contribution in [-0.4, -0.2) is 10.8 Å². The van der Waals surface area contributed by atoms with Crippen LogP contribution in [0.3, 0.4) is 0 Å². The van der Waals surface area contributed by atoms with Crippen LogP contribution in [0.4, 0.5) is 0 Å². The van der Waals surface area contributed by atoms with Gasteiger partial charge in [0, 0.05) is 18.3 Å². The van der Waals surface area contributed by atoms with Gasteiger partial charge in [-0.15, -0.1) is 0 Å². The molecule has 0 aliphatic rings. The van der Waals surface area contributed by atoms with Gasteiger partial charge in [-0.25, -0.2) is 4.57 Å². The van der Waals surface area contributed by atoms with Gasteiger partial charge in [0.25, 0.3) is 0 Å². The van der Waals surface area contributed by atoms with Gasteiger partial charge in [-0.2, -0.15) is 0 Å². The third-order valence-electron chi connectivity index (χ3n) is 2.32. The Balaban J connectivity index is 1.95. The smallest absolute Gasteiger partial charge is 0.187 e. The maximum Gasteiger partial charge on any atom is 0.187 e. The summed E-state index contributed by atoms with van der Waals surface area (Å²) in [5.74, 6) is 0.0805. The topological polar surface area (TPSA) is 33.8 Å². The zero-order chi connectivity index (χ0) is 11.2. The van der Waals surface area contributed by atoms with E-state index < -0.39 is 0 Å². The first-order valence-corrected chi connectivity index (χ1v) is 5.24. The Morgan fingerprint density at radius 3 is 2.62 bits per heavy atom. The van der Waals surface area contributed by atoms with Crippen LogP contribution in [0.1, 0.15) is 16.9 Å². The molecule has 16 heavy (non-hydrogen) atoms. The molecule has 2 aromatic rings. The van der Waals surface area contributed by atoms with Crippen molar-refractivity contribution in [3.8, 4) is 0 Å². The molecule has 0 fully saturated rings. The first-order chi connectivity index (χ1) is 7.86. The minimum atomic E-state index is 0.0805. The van der Waals surface area contributed by atoms with Crippen LogP contribution >= 0.6 is 0 Å². The number of hydrogen-bond donors (Lipinski definition) is 0. The molecule has 0 unspecified atom stereocenters. The van der Waals surface area contributed by atoms with Crippen LogP contribution in [0.2, 0.25) is 0 Å². The molecule has 0 radical (unpaired) electrons. The molecule has 3 nitrogen and oxygen atoms in total. The Morgan fingerprint density at radius 2 is 1.94 bits per heavy atom. The lowest BCUT2D eigenvalue weighted by Crippen LogP contribution is -2.33. The zero-order valence-corrected chi connectivity index (χ0v) is 8.91. The third kappa shape index (κ3) is 2.73. The Hall–Kier alpha value is -2.03. The summed E-state index contributed by atoms with van der Waals surface area (Å²) in [6, 6.07) is 11.2. The van der Waals surface area contributed by atoms with Gasteiger partial charge in [-0.3, -0.25) is 9.78 Å². The molecule has 2 heterocycles. The van der Waals surface area contributed by atoms with Gasteiger partial charge in [0.2, 0.25) is 0 Å². The molecule has 0 atom stereocenters. The Morgan fingerprint density at radius 1 is 1.12 bits per heavy atom. The molecule has 0 bridgehead atoms. The highest BCUT2D eigenvalue weighted by atomic mass is 16.1. The summed E-state index contributed by atoms with van der Waals surface area (Å²) < 4.78 is 1.99. The van der Waals surface area contributed by atoms with Crippen LogP contribution in [0, 0.1) is 0 Å². The van der Waals surface area contributed by atoms with Crippen molar-refractivity contribution >= 4 is 5.78 Å². The number of carbonyl (C=O) groups excluding carboxylic acids is 1. The second-order valence-corrected chi connectivity index (χ2v) is 3.50. The lowest BCUT2D eigenvalue weighted by atomic mass is 10.2. The second-order valence-electron chi connectivity index (χ2n) is 3.50. The van der Waals surface area contributed by atoms with E-state index in [0.717, 1.165) is 0 Å². The van der Waals surface area contributed by atoms with Crippen LogP contribution in [0.5, 0.6) is 0 Å². The molecule has 0 saturated heterocycles. The summed E-state index contributed by atoms with van der Waals surface area (Å²) in [6.45, 7) is 0.691. The van der Waals surface area contributed by atoms with E-state index in [1.165, 1.54) is 0 Å². The number of aromatic nitrogens is 2. The predicted molar refractivity (Wildman–Crippen MR) is 59.8 cm³/mol. The van der Waals surface area contributed by atoms with E-state index in [1.807, 2.05) is 47.3 Å². The lowest BCUT2D eigenvalue weighted by Gasteiger charge is -1.97. The van der Waals surface area contributed by atoms with Gasteiger partial charge < -0.3 is 0 Å². The molecule has 0 saturated carbocycles. The Labute approximate surface area is 94.4 Å². The molecular formula is C13H13N2O+. The maximum absolute atomic E-state index is 11.7. The molecule has 0 N–H and O–H groups in total. The summed E-state index contributed by atoms with van der Waals surface area (Å²) in [5.41, 5.74) is 0.541. The standard InChI is InChI=1S/C13H13N2O/c16-13(12-6-2-3-8-14-12)7-11-15-9-4-1-5-10-15/h1-6,8-10H,7,11H2/q+1. The van der Waals surface area contributed by atoms with E-state index in [4.69, 9.17) is 0 Å². The van der Waals surface area contributed by atoms with Gasteiger partial charge >= 0.3 is 0 Å². The third-order valence-corrected chi connectivity index (χ3v) is 2.32. The Kier molecular flexibility index (Phi) is 3.38. The minimum absolute atomic E-state index is 0.0805. The average molecular weight is 213 g/mol. The number of nitrogens with zero attached hydrogens (tertiary/aromatic N) is 2. The molecule has 2 rings (SSSR count). The van der Waals surface area contributed by atoms with Gasteiger partial charge in [-0.05, 0) is 12.1 Å². The molecule has 0 spiro atoms. The normalized spacial score (nSPS) is 10.0. The fourth-order valence-corrected chi connectivity index (χ4v) is 1.47. The molecule has 0 aromatic carbocycles. The highest BCUT2D eigenvalue weighted by Crippen LogP contribution is 1.98. The van der Waals surface area contributed by atoms with Crippen molar-refractivity contribution in [2.24, 2.45) is 0 Å². The highest BCUT2D eigenvalue weighted by molar-refractivity contribution is 5.93. The number of aryl methyl sites for hydroxylation is 1. The number of ketones is 1. The fraction of sp³-hybridized carbons (Fsp3) is 0.154. The van der Waals surface area contributed by atoms with E-state index in [1.54, 1.807) is 12.3 Å². The Bertz CT molecular complexity index is 454. The van der Waals surface area contributed by atoms with Crippen LogP contribution < -0.4 is 4.57 Å². The quantitative estimate of drug-likeness (QED) is 0.571. The van der Waals surface area contributed by atoms with Crippen LogP contribution in [0.15, 0.2) is 55.0 Å². The van der Waals surface area contributed by atoms with Gasteiger partial charge in [0.15, 0.2) is 24.7 Å². The van der Waals surface area contributed by atoms with Crippen molar-refractivity contribution in [1.29, 1.82) is 0 Å². The van der Waals surface area contributed by atoms with Crippen molar-refractivity contribution in [3.63, 3.8) is 0 Å². The molecule has 2 aromatic heterocycles. The zero-order valence-electron chi connectivity index (χ0n) is 8.91. The number of hydrogen-bond acceptors (Lipinski definition) is 2. The number of pyridine rings is 2. The molecule has 3 heteroatoms. The van der Waals surface area contributed by atoms with E-state index in [0.29, 0.717) is 18.7 Å². The molecule has 0 aliphatic carbocycles. The lowest BCUT2D eigenvalue weighted by molar-refractivity contribution is -0.695. The van der Waals surface area contributed by atoms with Crippen molar-refractivity contribution in [3.05, 3.63) is 60.7 Å². The van der Waals surface area contributed by atoms with Gasteiger partial charge in [0.05, 0.1) is 6.42 Å². The van der Waals surface area contributed by atoms with Gasteiger partial charge in [-0.1, -0.05) is 12.1 Å². The maximum atomic E-state index is 11.7. The molecule has 80 valence electrons. The summed E-state index contributed by atoms with van der Waals surface area (Å²) in [4.78, 5) is 15.8. The second kappa shape index (κ2) is 5.16. The molecule has 0 amide bonds. The average Bonchev–Trinajstić information content (AvgIpc) is 2.38. The highest BCUT2D eigenvalue weighted by Gasteiger charge is 2.09. The minimum Gasteiger partial charge on any atom is -0.292 e.